The summed E-state index contributed by atoms with van der Waals surface area (Å²) in [6, 6.07) is 0. The van der Waals surface area contributed by atoms with Crippen LogP contribution in [-0.2, 0) is 4.74 Å². The summed E-state index contributed by atoms with van der Waals surface area (Å²) in [7, 11) is 2.02. The molecule has 3 N–H and O–H groups in total. The second kappa shape index (κ2) is 5.92. The lowest BCUT2D eigenvalue weighted by atomic mass is 10.2. The Balaban J connectivity index is 2.15. The minimum absolute atomic E-state index is 0.280. The molecule has 0 aromatic heterocycles. The highest BCUT2D eigenvalue weighted by atomic mass is 16.5. The van der Waals surface area contributed by atoms with Crippen LogP contribution >= 0.6 is 0 Å². The number of ether oxygens (including phenoxy) is 1. The van der Waals surface area contributed by atoms with Gasteiger partial charge in [-0.25, -0.2) is 0 Å². The predicted octanol–water partition coefficient (Wildman–Crippen LogP) is 0.622. The van der Waals surface area contributed by atoms with Crippen LogP contribution in [0.3, 0.4) is 0 Å². The molecule has 5 heteroatoms. The first kappa shape index (κ1) is 12.3. The Hall–Kier alpha value is -0.810. The molecule has 0 spiro atoms. The molecular weight excluding hydrogens is 194 g/mol. The quantitative estimate of drug-likeness (QED) is 0.305. The van der Waals surface area contributed by atoms with E-state index in [0.717, 1.165) is 25.9 Å². The largest absolute Gasteiger partial charge is 0.409 e. The maximum Gasteiger partial charge on any atom is 0.140 e. The van der Waals surface area contributed by atoms with Crippen molar-refractivity contribution in [3.05, 3.63) is 0 Å². The van der Waals surface area contributed by atoms with Gasteiger partial charge in [-0.05, 0) is 26.8 Å². The van der Waals surface area contributed by atoms with Crippen LogP contribution < -0.4 is 5.73 Å². The van der Waals surface area contributed by atoms with Crippen molar-refractivity contribution < 1.29 is 9.94 Å². The van der Waals surface area contributed by atoms with Crippen molar-refractivity contribution in [3.63, 3.8) is 0 Å². The van der Waals surface area contributed by atoms with Gasteiger partial charge in [-0.1, -0.05) is 5.16 Å². The third-order valence-electron chi connectivity index (χ3n) is 2.71. The monoisotopic (exact) mass is 215 g/mol. The van der Waals surface area contributed by atoms with E-state index in [-0.39, 0.29) is 5.84 Å². The van der Waals surface area contributed by atoms with Crippen LogP contribution in [0.15, 0.2) is 5.16 Å². The van der Waals surface area contributed by atoms with Gasteiger partial charge in [0.2, 0.25) is 0 Å². The van der Waals surface area contributed by atoms with Gasteiger partial charge in [-0.2, -0.15) is 0 Å². The van der Waals surface area contributed by atoms with E-state index in [9.17, 15) is 0 Å². The molecule has 1 aliphatic heterocycles. The summed E-state index contributed by atoms with van der Waals surface area (Å²) < 4.78 is 5.71. The number of nitrogens with two attached hydrogens (primary N) is 1. The van der Waals surface area contributed by atoms with Crippen LogP contribution in [0.2, 0.25) is 0 Å². The highest BCUT2D eigenvalue weighted by Gasteiger charge is 2.22. The zero-order valence-corrected chi connectivity index (χ0v) is 9.52. The lowest BCUT2D eigenvalue weighted by Gasteiger charge is -2.20. The Kier molecular flexibility index (Phi) is 4.84. The fraction of sp³-hybridized carbons (Fsp3) is 0.900. The molecule has 0 aromatic rings. The van der Waals surface area contributed by atoms with E-state index in [2.05, 4.69) is 17.0 Å². The first-order valence-corrected chi connectivity index (χ1v) is 5.42. The van der Waals surface area contributed by atoms with E-state index >= 15 is 0 Å². The van der Waals surface area contributed by atoms with Crippen molar-refractivity contribution >= 4 is 5.84 Å². The highest BCUT2D eigenvalue weighted by Crippen LogP contribution is 2.19. The first-order valence-electron chi connectivity index (χ1n) is 5.42. The Morgan fingerprint density at radius 1 is 1.60 bits per heavy atom. The van der Waals surface area contributed by atoms with Gasteiger partial charge in [0, 0.05) is 19.5 Å². The number of amidine groups is 1. The molecule has 0 aromatic carbocycles. The minimum Gasteiger partial charge on any atom is -0.409 e. The van der Waals surface area contributed by atoms with Gasteiger partial charge < -0.3 is 20.6 Å². The highest BCUT2D eigenvalue weighted by molar-refractivity contribution is 5.79. The van der Waals surface area contributed by atoms with Gasteiger partial charge in [0.1, 0.15) is 5.84 Å². The molecule has 5 nitrogen and oxygen atoms in total. The normalized spacial score (nSPS) is 27.5. The molecule has 2 unspecified atom stereocenters. The molecule has 1 fully saturated rings. The molecule has 0 aliphatic carbocycles. The van der Waals surface area contributed by atoms with Gasteiger partial charge in [0.25, 0.3) is 0 Å². The van der Waals surface area contributed by atoms with Crippen LogP contribution in [-0.4, -0.2) is 48.3 Å². The molecular formula is C10H21N3O2. The van der Waals surface area contributed by atoms with Gasteiger partial charge in [0.15, 0.2) is 0 Å². The average molecular weight is 215 g/mol. The van der Waals surface area contributed by atoms with E-state index in [1.54, 1.807) is 0 Å². The Morgan fingerprint density at radius 2 is 2.33 bits per heavy atom. The second-order valence-corrected chi connectivity index (χ2v) is 4.25. The fourth-order valence-corrected chi connectivity index (χ4v) is 1.81. The van der Waals surface area contributed by atoms with Crippen LogP contribution in [0.4, 0.5) is 0 Å². The molecule has 1 aliphatic rings. The van der Waals surface area contributed by atoms with E-state index in [0.29, 0.717) is 18.6 Å². The summed E-state index contributed by atoms with van der Waals surface area (Å²) in [6.07, 6.45) is 3.62. The standard InChI is InChI=1S/C10H21N3O2/c1-8-3-4-9(15-8)7-13(2)6-5-10(11)12-14/h8-9,14H,3-7H2,1-2H3,(H2,11,12). The molecule has 1 saturated heterocycles. The summed E-state index contributed by atoms with van der Waals surface area (Å²) in [5, 5.41) is 11.3. The lowest BCUT2D eigenvalue weighted by molar-refractivity contribution is 0.0369. The zero-order valence-electron chi connectivity index (χ0n) is 9.52. The van der Waals surface area contributed by atoms with Crippen molar-refractivity contribution in [3.8, 4) is 0 Å². The van der Waals surface area contributed by atoms with E-state index in [1.165, 1.54) is 0 Å². The molecule has 0 saturated carbocycles. The summed E-state index contributed by atoms with van der Waals surface area (Å²) in [4.78, 5) is 2.15. The summed E-state index contributed by atoms with van der Waals surface area (Å²) in [5.41, 5.74) is 5.39. The molecule has 88 valence electrons. The van der Waals surface area contributed by atoms with Crippen LogP contribution in [0.5, 0.6) is 0 Å². The topological polar surface area (TPSA) is 71.1 Å². The zero-order chi connectivity index (χ0) is 11.3. The van der Waals surface area contributed by atoms with Crippen molar-refractivity contribution in [2.75, 3.05) is 20.1 Å². The summed E-state index contributed by atoms with van der Waals surface area (Å²) >= 11 is 0. The number of hydrogen-bond acceptors (Lipinski definition) is 4. The van der Waals surface area contributed by atoms with Crippen molar-refractivity contribution in [2.24, 2.45) is 10.9 Å². The Labute approximate surface area is 90.9 Å². The van der Waals surface area contributed by atoms with Crippen LogP contribution in [0, 0.1) is 0 Å². The number of hydrogen-bond donors (Lipinski definition) is 2. The molecule has 0 bridgehead atoms. The molecule has 1 heterocycles. The molecule has 1 rings (SSSR count). The van der Waals surface area contributed by atoms with Gasteiger partial charge in [-0.3, -0.25) is 0 Å². The average Bonchev–Trinajstić information content (AvgIpc) is 2.60. The number of rotatable bonds is 5. The lowest BCUT2D eigenvalue weighted by Crippen LogP contribution is -2.32. The SMILES string of the molecule is CC1CCC(CN(C)CCC(N)=NO)O1. The molecule has 0 radical (unpaired) electrons. The maximum atomic E-state index is 8.39. The van der Waals surface area contributed by atoms with Crippen molar-refractivity contribution in [2.45, 2.75) is 38.4 Å². The first-order chi connectivity index (χ1) is 7.11. The second-order valence-electron chi connectivity index (χ2n) is 4.25. The van der Waals surface area contributed by atoms with Crippen molar-refractivity contribution in [1.82, 2.24) is 4.90 Å². The number of likely N-dealkylation sites (N-methyl/N-ethyl adjacent to an activating group) is 1. The van der Waals surface area contributed by atoms with E-state index in [4.69, 9.17) is 15.7 Å². The predicted molar refractivity (Wildman–Crippen MR) is 59.1 cm³/mol. The molecule has 15 heavy (non-hydrogen) atoms. The number of oxime groups is 1. The van der Waals surface area contributed by atoms with Crippen LogP contribution in [0.1, 0.15) is 26.2 Å². The third-order valence-corrected chi connectivity index (χ3v) is 2.71. The fourth-order valence-electron chi connectivity index (χ4n) is 1.81. The Bertz CT molecular complexity index is 221. The Morgan fingerprint density at radius 3 is 2.87 bits per heavy atom. The van der Waals surface area contributed by atoms with Gasteiger partial charge in [0.05, 0.1) is 12.2 Å². The molecule has 0 amide bonds. The van der Waals surface area contributed by atoms with Crippen LogP contribution in [0.25, 0.3) is 0 Å². The van der Waals surface area contributed by atoms with E-state index < -0.39 is 0 Å². The smallest absolute Gasteiger partial charge is 0.140 e. The summed E-state index contributed by atoms with van der Waals surface area (Å²) in [5.74, 6) is 0.280. The maximum absolute atomic E-state index is 8.39. The van der Waals surface area contributed by atoms with Crippen molar-refractivity contribution in [1.29, 1.82) is 0 Å². The third kappa shape index (κ3) is 4.48. The van der Waals surface area contributed by atoms with Gasteiger partial charge >= 0.3 is 0 Å². The van der Waals surface area contributed by atoms with E-state index in [1.807, 2.05) is 7.05 Å². The minimum atomic E-state index is 0.280. The number of nitrogens with zero attached hydrogens (tertiary/aromatic N) is 2. The van der Waals surface area contributed by atoms with Gasteiger partial charge in [-0.15, -0.1) is 0 Å². The molecule has 2 atom stereocenters. The summed E-state index contributed by atoms with van der Waals surface area (Å²) in [6.45, 7) is 3.82.